The molecule has 0 bridgehead atoms. The van der Waals surface area contributed by atoms with E-state index in [0.717, 1.165) is 56.6 Å². The number of aromatic nitrogens is 3. The van der Waals surface area contributed by atoms with Crippen LogP contribution in [0.5, 0.6) is 0 Å². The maximum absolute atomic E-state index is 12.5. The van der Waals surface area contributed by atoms with Gasteiger partial charge in [0.1, 0.15) is 12.4 Å². The number of imide groups is 1. The van der Waals surface area contributed by atoms with E-state index in [1.165, 1.54) is 0 Å². The molecule has 0 saturated carbocycles. The first kappa shape index (κ1) is 20.0. The number of likely N-dealkylation sites (tertiary alicyclic amines) is 1. The van der Waals surface area contributed by atoms with Crippen LogP contribution in [0.25, 0.3) is 10.6 Å². The Hall–Kier alpha value is -2.33. The molecule has 3 amide bonds. The molecule has 4 heterocycles. The van der Waals surface area contributed by atoms with Gasteiger partial charge in [0.15, 0.2) is 0 Å². The summed E-state index contributed by atoms with van der Waals surface area (Å²) >= 11 is 2.61. The number of nitrogens with zero attached hydrogens (tertiary/aromatic N) is 5. The van der Waals surface area contributed by atoms with Crippen LogP contribution in [0.1, 0.15) is 35.3 Å². The largest absolute Gasteiger partial charge is 0.341 e. The zero-order chi connectivity index (χ0) is 20.5. The Balaban J connectivity index is 1.39. The summed E-state index contributed by atoms with van der Waals surface area (Å²) in [5.41, 5.74) is 1.86. The highest BCUT2D eigenvalue weighted by molar-refractivity contribution is 8.14. The van der Waals surface area contributed by atoms with Crippen molar-refractivity contribution >= 4 is 40.2 Å². The van der Waals surface area contributed by atoms with Gasteiger partial charge in [-0.3, -0.25) is 19.3 Å². The van der Waals surface area contributed by atoms with Gasteiger partial charge in [-0.1, -0.05) is 11.8 Å². The fraction of sp³-hybridized carbons (Fsp3) is 0.474. The third-order valence-electron chi connectivity index (χ3n) is 5.15. The summed E-state index contributed by atoms with van der Waals surface area (Å²) in [6.07, 6.45) is 3.39. The predicted octanol–water partition coefficient (Wildman–Crippen LogP) is 2.62. The molecule has 29 heavy (non-hydrogen) atoms. The molecule has 2 aliphatic rings. The van der Waals surface area contributed by atoms with E-state index in [1.54, 1.807) is 22.4 Å². The minimum Gasteiger partial charge on any atom is -0.341 e. The van der Waals surface area contributed by atoms with Gasteiger partial charge in [-0.2, -0.15) is 0 Å². The lowest BCUT2D eigenvalue weighted by Gasteiger charge is -2.32. The summed E-state index contributed by atoms with van der Waals surface area (Å²) in [6, 6.07) is 1.90. The standard InChI is InChI=1S/C19H21N5O3S2/c1-11-17(14-3-6-20-12(2)22-14)29-18(21-11)13-4-7-23(8-5-13)15(25)9-24-16(26)10-28-19(24)27/h3,6,13H,4-5,7-10H2,1-2H3. The van der Waals surface area contributed by atoms with Gasteiger partial charge in [0.2, 0.25) is 11.8 Å². The average molecular weight is 432 g/mol. The number of aryl methyl sites for hydroxylation is 2. The Morgan fingerprint density at radius 1 is 1.21 bits per heavy atom. The molecule has 0 N–H and O–H groups in total. The number of amides is 3. The minimum absolute atomic E-state index is 0.131. The number of rotatable bonds is 4. The SMILES string of the molecule is Cc1nccc(-c2sc(C3CCN(C(=O)CN4C(=O)CSC4=O)CC3)nc2C)n1. The molecule has 0 aliphatic carbocycles. The van der Waals surface area contributed by atoms with Crippen LogP contribution >= 0.6 is 23.1 Å². The molecule has 8 nitrogen and oxygen atoms in total. The third kappa shape index (κ3) is 4.18. The summed E-state index contributed by atoms with van der Waals surface area (Å²) in [6.45, 7) is 4.92. The topological polar surface area (TPSA) is 96.4 Å². The average Bonchev–Trinajstić information content (AvgIpc) is 3.25. The van der Waals surface area contributed by atoms with Crippen molar-refractivity contribution in [1.29, 1.82) is 0 Å². The zero-order valence-electron chi connectivity index (χ0n) is 16.3. The number of thioether (sulfide) groups is 1. The van der Waals surface area contributed by atoms with Crippen molar-refractivity contribution in [3.63, 3.8) is 0 Å². The fourth-order valence-electron chi connectivity index (χ4n) is 3.56. The first-order valence-electron chi connectivity index (χ1n) is 9.44. The number of hydrogen-bond donors (Lipinski definition) is 0. The van der Waals surface area contributed by atoms with Gasteiger partial charge in [-0.25, -0.2) is 15.0 Å². The van der Waals surface area contributed by atoms with E-state index in [2.05, 4.69) is 9.97 Å². The zero-order valence-corrected chi connectivity index (χ0v) is 17.9. The number of hydrogen-bond acceptors (Lipinski definition) is 8. The molecule has 2 fully saturated rings. The fourth-order valence-corrected chi connectivity index (χ4v) is 5.49. The van der Waals surface area contributed by atoms with Crippen LogP contribution in [0.15, 0.2) is 12.3 Å². The first-order valence-corrected chi connectivity index (χ1v) is 11.2. The van der Waals surface area contributed by atoms with Gasteiger partial charge in [0.25, 0.3) is 5.24 Å². The minimum atomic E-state index is -0.330. The molecule has 0 radical (unpaired) electrons. The third-order valence-corrected chi connectivity index (χ3v) is 7.35. The van der Waals surface area contributed by atoms with E-state index in [-0.39, 0.29) is 29.4 Å². The van der Waals surface area contributed by atoms with Crippen LogP contribution < -0.4 is 0 Å². The second kappa shape index (κ2) is 8.19. The molecule has 0 spiro atoms. The van der Waals surface area contributed by atoms with E-state index in [9.17, 15) is 14.4 Å². The summed E-state index contributed by atoms with van der Waals surface area (Å²) < 4.78 is 0. The van der Waals surface area contributed by atoms with Crippen molar-refractivity contribution in [2.24, 2.45) is 0 Å². The molecule has 10 heteroatoms. The number of carbonyl (C=O) groups excluding carboxylic acids is 3. The molecular weight excluding hydrogens is 410 g/mol. The molecule has 4 rings (SSSR count). The Morgan fingerprint density at radius 3 is 2.62 bits per heavy atom. The van der Waals surface area contributed by atoms with Gasteiger partial charge in [-0.15, -0.1) is 11.3 Å². The smallest absolute Gasteiger partial charge is 0.289 e. The van der Waals surface area contributed by atoms with Gasteiger partial charge in [0, 0.05) is 25.2 Å². The molecule has 2 aromatic heterocycles. The van der Waals surface area contributed by atoms with Crippen LogP contribution in [-0.4, -0.2) is 67.2 Å². The second-order valence-corrected chi connectivity index (χ2v) is 9.10. The number of piperidine rings is 1. The van der Waals surface area contributed by atoms with E-state index < -0.39 is 0 Å². The normalized spacial score (nSPS) is 18.0. The molecule has 2 saturated heterocycles. The van der Waals surface area contributed by atoms with Gasteiger partial charge >= 0.3 is 0 Å². The summed E-state index contributed by atoms with van der Waals surface area (Å²) in [7, 11) is 0. The lowest BCUT2D eigenvalue weighted by molar-refractivity contribution is -0.137. The highest BCUT2D eigenvalue weighted by atomic mass is 32.2. The van der Waals surface area contributed by atoms with Crippen LogP contribution in [0.4, 0.5) is 4.79 Å². The predicted molar refractivity (Wildman–Crippen MR) is 111 cm³/mol. The maximum Gasteiger partial charge on any atom is 0.289 e. The monoisotopic (exact) mass is 431 g/mol. The lowest BCUT2D eigenvalue weighted by Crippen LogP contribution is -2.45. The molecule has 0 atom stereocenters. The van der Waals surface area contributed by atoms with Crippen molar-refractivity contribution in [3.05, 3.63) is 28.8 Å². The first-order chi connectivity index (χ1) is 13.9. The Kier molecular flexibility index (Phi) is 5.64. The lowest BCUT2D eigenvalue weighted by atomic mass is 9.97. The molecule has 2 aliphatic heterocycles. The summed E-state index contributed by atoms with van der Waals surface area (Å²) in [5, 5.41) is 0.742. The van der Waals surface area contributed by atoms with Crippen molar-refractivity contribution in [3.8, 4) is 10.6 Å². The molecule has 2 aromatic rings. The molecule has 152 valence electrons. The van der Waals surface area contributed by atoms with E-state index in [1.807, 2.05) is 19.9 Å². The van der Waals surface area contributed by atoms with Crippen molar-refractivity contribution in [2.75, 3.05) is 25.4 Å². The highest BCUT2D eigenvalue weighted by Crippen LogP contribution is 2.36. The van der Waals surface area contributed by atoms with E-state index >= 15 is 0 Å². The highest BCUT2D eigenvalue weighted by Gasteiger charge is 2.34. The van der Waals surface area contributed by atoms with Gasteiger partial charge < -0.3 is 4.90 Å². The Bertz CT molecular complexity index is 953. The molecule has 0 unspecified atom stereocenters. The van der Waals surface area contributed by atoms with Crippen molar-refractivity contribution < 1.29 is 14.4 Å². The summed E-state index contributed by atoms with van der Waals surface area (Å²) in [5.74, 6) is 0.711. The number of thiazole rings is 1. The Morgan fingerprint density at radius 2 is 1.97 bits per heavy atom. The second-order valence-electron chi connectivity index (χ2n) is 7.15. The van der Waals surface area contributed by atoms with E-state index in [0.29, 0.717) is 19.0 Å². The van der Waals surface area contributed by atoms with Gasteiger partial charge in [-0.05, 0) is 32.8 Å². The molecule has 0 aromatic carbocycles. The van der Waals surface area contributed by atoms with Gasteiger partial charge in [0.05, 0.1) is 27.0 Å². The number of carbonyl (C=O) groups is 3. The van der Waals surface area contributed by atoms with Crippen LogP contribution in [0.3, 0.4) is 0 Å². The van der Waals surface area contributed by atoms with Crippen LogP contribution in [0.2, 0.25) is 0 Å². The van der Waals surface area contributed by atoms with Crippen LogP contribution in [0, 0.1) is 13.8 Å². The van der Waals surface area contributed by atoms with E-state index in [4.69, 9.17) is 4.98 Å². The van der Waals surface area contributed by atoms with Crippen LogP contribution in [-0.2, 0) is 9.59 Å². The maximum atomic E-state index is 12.5. The Labute approximate surface area is 176 Å². The summed E-state index contributed by atoms with van der Waals surface area (Å²) in [4.78, 5) is 53.2. The van der Waals surface area contributed by atoms with Crippen molar-refractivity contribution in [1.82, 2.24) is 24.8 Å². The quantitative estimate of drug-likeness (QED) is 0.734. The molecular formula is C19H21N5O3S2. The van der Waals surface area contributed by atoms with Crippen molar-refractivity contribution in [2.45, 2.75) is 32.6 Å².